The molecular formula is C13H9F3O3. The first-order valence-corrected chi connectivity index (χ1v) is 5.26. The van der Waals surface area contributed by atoms with Crippen LogP contribution in [0.5, 0.6) is 5.75 Å². The molecule has 3 nitrogen and oxygen atoms in total. The lowest BCUT2D eigenvalue weighted by molar-refractivity contribution is -0.138. The van der Waals surface area contributed by atoms with Gasteiger partial charge in [-0.05, 0) is 30.3 Å². The van der Waals surface area contributed by atoms with Crippen molar-refractivity contribution in [3.05, 3.63) is 41.7 Å². The zero-order chi connectivity index (χ0) is 14.0. The maximum absolute atomic E-state index is 12.8. The third-order valence-corrected chi connectivity index (χ3v) is 2.53. The third kappa shape index (κ3) is 2.62. The number of furan rings is 1. The summed E-state index contributed by atoms with van der Waals surface area (Å²) in [6, 6.07) is 6.39. The molecule has 0 saturated carbocycles. The van der Waals surface area contributed by atoms with Crippen LogP contribution in [-0.4, -0.2) is 13.4 Å². The molecule has 1 heterocycles. The molecule has 19 heavy (non-hydrogen) atoms. The number of alkyl halides is 3. The van der Waals surface area contributed by atoms with E-state index in [2.05, 4.69) is 4.74 Å². The van der Waals surface area contributed by atoms with E-state index in [1.165, 1.54) is 31.4 Å². The Morgan fingerprint density at radius 2 is 1.95 bits per heavy atom. The van der Waals surface area contributed by atoms with Crippen LogP contribution in [-0.2, 0) is 6.18 Å². The first-order valence-electron chi connectivity index (χ1n) is 5.26. The SMILES string of the molecule is COc1ccc(-c2ccc(C=O)o2)cc1C(F)(F)F. The van der Waals surface area contributed by atoms with Crippen molar-refractivity contribution in [2.75, 3.05) is 7.11 Å². The van der Waals surface area contributed by atoms with Crippen molar-refractivity contribution in [1.82, 2.24) is 0 Å². The molecule has 100 valence electrons. The average Bonchev–Trinajstić information content (AvgIpc) is 2.85. The summed E-state index contributed by atoms with van der Waals surface area (Å²) in [5.41, 5.74) is -0.669. The van der Waals surface area contributed by atoms with Crippen LogP contribution < -0.4 is 4.74 Å². The number of methoxy groups -OCH3 is 1. The summed E-state index contributed by atoms with van der Waals surface area (Å²) in [4.78, 5) is 10.5. The second-order valence-corrected chi connectivity index (χ2v) is 3.73. The van der Waals surface area contributed by atoms with E-state index in [1.54, 1.807) is 0 Å². The van der Waals surface area contributed by atoms with Crippen molar-refractivity contribution in [3.8, 4) is 17.1 Å². The summed E-state index contributed by atoms with van der Waals surface area (Å²) in [5.74, 6) is -0.0203. The highest BCUT2D eigenvalue weighted by Gasteiger charge is 2.34. The lowest BCUT2D eigenvalue weighted by Gasteiger charge is -2.12. The topological polar surface area (TPSA) is 39.4 Å². The molecule has 2 aromatic rings. The number of hydrogen-bond donors (Lipinski definition) is 0. The lowest BCUT2D eigenvalue weighted by atomic mass is 10.1. The molecule has 0 aliphatic heterocycles. The van der Waals surface area contributed by atoms with Crippen LogP contribution in [0.4, 0.5) is 13.2 Å². The van der Waals surface area contributed by atoms with Gasteiger partial charge in [-0.2, -0.15) is 13.2 Å². The lowest BCUT2D eigenvalue weighted by Crippen LogP contribution is -2.07. The molecule has 2 rings (SSSR count). The fourth-order valence-corrected chi connectivity index (χ4v) is 1.65. The summed E-state index contributed by atoms with van der Waals surface area (Å²) < 4.78 is 48.3. The van der Waals surface area contributed by atoms with Crippen molar-refractivity contribution >= 4 is 6.29 Å². The van der Waals surface area contributed by atoms with Gasteiger partial charge in [0.05, 0.1) is 12.7 Å². The Morgan fingerprint density at radius 3 is 2.47 bits per heavy atom. The Hall–Kier alpha value is -2.24. The zero-order valence-electron chi connectivity index (χ0n) is 9.82. The van der Waals surface area contributed by atoms with E-state index in [4.69, 9.17) is 4.42 Å². The van der Waals surface area contributed by atoms with Gasteiger partial charge in [-0.25, -0.2) is 0 Å². The number of carbonyl (C=O) groups excluding carboxylic acids is 1. The minimum Gasteiger partial charge on any atom is -0.496 e. The molecular weight excluding hydrogens is 261 g/mol. The maximum Gasteiger partial charge on any atom is 0.419 e. The summed E-state index contributed by atoms with van der Waals surface area (Å²) in [6.07, 6.45) is -4.04. The van der Waals surface area contributed by atoms with Gasteiger partial charge < -0.3 is 9.15 Å². The van der Waals surface area contributed by atoms with Crippen LogP contribution in [0.25, 0.3) is 11.3 Å². The van der Waals surface area contributed by atoms with Gasteiger partial charge in [-0.1, -0.05) is 0 Å². The second-order valence-electron chi connectivity index (χ2n) is 3.73. The number of benzene rings is 1. The van der Waals surface area contributed by atoms with Crippen LogP contribution in [0.15, 0.2) is 34.7 Å². The summed E-state index contributed by atoms with van der Waals surface area (Å²) in [6.45, 7) is 0. The number of rotatable bonds is 3. The van der Waals surface area contributed by atoms with Gasteiger partial charge >= 0.3 is 6.18 Å². The van der Waals surface area contributed by atoms with Gasteiger partial charge in [0.15, 0.2) is 12.0 Å². The van der Waals surface area contributed by atoms with E-state index in [0.29, 0.717) is 6.29 Å². The molecule has 6 heteroatoms. The Morgan fingerprint density at radius 1 is 1.21 bits per heavy atom. The largest absolute Gasteiger partial charge is 0.496 e. The van der Waals surface area contributed by atoms with Crippen LogP contribution in [0.1, 0.15) is 16.1 Å². The summed E-state index contributed by atoms with van der Waals surface area (Å²) in [5, 5.41) is 0. The van der Waals surface area contributed by atoms with Crippen molar-refractivity contribution in [3.63, 3.8) is 0 Å². The predicted octanol–water partition coefficient (Wildman–Crippen LogP) is 3.79. The molecule has 1 aromatic heterocycles. The Balaban J connectivity index is 2.51. The molecule has 0 bridgehead atoms. The predicted molar refractivity (Wildman–Crippen MR) is 61.1 cm³/mol. The minimum absolute atomic E-state index is 0.0550. The van der Waals surface area contributed by atoms with Crippen LogP contribution >= 0.6 is 0 Å². The van der Waals surface area contributed by atoms with E-state index in [9.17, 15) is 18.0 Å². The van der Waals surface area contributed by atoms with Gasteiger partial charge in [-0.15, -0.1) is 0 Å². The number of ether oxygens (including phenoxy) is 1. The van der Waals surface area contributed by atoms with Gasteiger partial charge in [0.2, 0.25) is 0 Å². The van der Waals surface area contributed by atoms with Crippen molar-refractivity contribution in [1.29, 1.82) is 0 Å². The number of hydrogen-bond acceptors (Lipinski definition) is 3. The van der Waals surface area contributed by atoms with E-state index >= 15 is 0 Å². The standard InChI is InChI=1S/C13H9F3O3/c1-18-12-4-2-8(6-10(12)13(14,15)16)11-5-3-9(7-17)19-11/h2-7H,1H3. The van der Waals surface area contributed by atoms with E-state index in [1.807, 2.05) is 0 Å². The molecule has 0 aliphatic rings. The van der Waals surface area contributed by atoms with Crippen molar-refractivity contribution in [2.24, 2.45) is 0 Å². The summed E-state index contributed by atoms with van der Waals surface area (Å²) >= 11 is 0. The summed E-state index contributed by atoms with van der Waals surface area (Å²) in [7, 11) is 1.17. The van der Waals surface area contributed by atoms with Gasteiger partial charge in [0.1, 0.15) is 11.5 Å². The van der Waals surface area contributed by atoms with E-state index in [-0.39, 0.29) is 22.8 Å². The number of aldehydes is 1. The highest BCUT2D eigenvalue weighted by atomic mass is 19.4. The molecule has 0 N–H and O–H groups in total. The smallest absolute Gasteiger partial charge is 0.419 e. The van der Waals surface area contributed by atoms with Crippen LogP contribution in [0.2, 0.25) is 0 Å². The Labute approximate surface area is 106 Å². The molecule has 0 fully saturated rings. The zero-order valence-corrected chi connectivity index (χ0v) is 9.82. The van der Waals surface area contributed by atoms with E-state index < -0.39 is 11.7 Å². The molecule has 0 saturated heterocycles. The molecule has 1 aromatic carbocycles. The molecule has 0 amide bonds. The van der Waals surface area contributed by atoms with Crippen LogP contribution in [0, 0.1) is 0 Å². The first-order chi connectivity index (χ1) is 8.95. The molecule has 0 unspecified atom stereocenters. The molecule has 0 spiro atoms. The van der Waals surface area contributed by atoms with Gasteiger partial charge in [-0.3, -0.25) is 4.79 Å². The second kappa shape index (κ2) is 4.79. The van der Waals surface area contributed by atoms with E-state index in [0.717, 1.165) is 6.07 Å². The Kier molecular flexibility index (Phi) is 3.33. The highest BCUT2D eigenvalue weighted by Crippen LogP contribution is 2.38. The molecule has 0 aliphatic carbocycles. The first kappa shape index (κ1) is 13.2. The number of carbonyl (C=O) groups is 1. The normalized spacial score (nSPS) is 11.4. The van der Waals surface area contributed by atoms with Gasteiger partial charge in [0, 0.05) is 5.56 Å². The Bertz CT molecular complexity index is 599. The minimum atomic E-state index is -4.53. The van der Waals surface area contributed by atoms with Crippen LogP contribution in [0.3, 0.4) is 0 Å². The molecule has 0 radical (unpaired) electrons. The highest BCUT2D eigenvalue weighted by molar-refractivity contribution is 5.73. The third-order valence-electron chi connectivity index (χ3n) is 2.53. The quantitative estimate of drug-likeness (QED) is 0.796. The average molecular weight is 270 g/mol. The van der Waals surface area contributed by atoms with Crippen molar-refractivity contribution < 1.29 is 27.1 Å². The fraction of sp³-hybridized carbons (Fsp3) is 0.154. The van der Waals surface area contributed by atoms with Gasteiger partial charge in [0.25, 0.3) is 0 Å². The maximum atomic E-state index is 12.8. The molecule has 0 atom stereocenters. The van der Waals surface area contributed by atoms with Crippen molar-refractivity contribution in [2.45, 2.75) is 6.18 Å². The fourth-order valence-electron chi connectivity index (χ4n) is 1.65. The number of halogens is 3. The monoisotopic (exact) mass is 270 g/mol.